The molecular weight excluding hydrogens is 208 g/mol. The molecule has 0 saturated heterocycles. The molecule has 4 heteroatoms. The van der Waals surface area contributed by atoms with Crippen LogP contribution in [0.5, 0.6) is 0 Å². The van der Waals surface area contributed by atoms with Crippen molar-refractivity contribution in [2.45, 2.75) is 46.0 Å². The third kappa shape index (κ3) is 11.3. The molecule has 4 nitrogen and oxygen atoms in total. The number of carbonyl (C=O) groups is 1. The Labute approximate surface area is 97.9 Å². The Morgan fingerprint density at radius 1 is 1.19 bits per heavy atom. The smallest absolute Gasteiger partial charge is 0.450 e. The molecule has 0 rings (SSSR count). The van der Waals surface area contributed by atoms with Gasteiger partial charge in [-0.2, -0.15) is 0 Å². The average Bonchev–Trinajstić information content (AvgIpc) is 2.26. The Bertz CT molecular complexity index is 170. The summed E-state index contributed by atoms with van der Waals surface area (Å²) in [4.78, 5) is 9.99. The third-order valence-electron chi connectivity index (χ3n) is 2.64. The van der Waals surface area contributed by atoms with Crippen LogP contribution < -0.4 is 0 Å². The van der Waals surface area contributed by atoms with Gasteiger partial charge >= 0.3 is 6.16 Å². The molecule has 16 heavy (non-hydrogen) atoms. The second-order valence-corrected chi connectivity index (χ2v) is 4.09. The van der Waals surface area contributed by atoms with Crippen LogP contribution in [0.25, 0.3) is 0 Å². The molecule has 0 amide bonds. The van der Waals surface area contributed by atoms with Crippen molar-refractivity contribution in [3.05, 3.63) is 0 Å². The van der Waals surface area contributed by atoms with E-state index in [1.165, 1.54) is 25.7 Å². The van der Waals surface area contributed by atoms with Gasteiger partial charge in [-0.15, -0.1) is 0 Å². The van der Waals surface area contributed by atoms with Crippen molar-refractivity contribution in [1.29, 1.82) is 0 Å². The zero-order chi connectivity index (χ0) is 12.2. The molecule has 0 bridgehead atoms. The van der Waals surface area contributed by atoms with Crippen LogP contribution in [0.4, 0.5) is 4.79 Å². The first kappa shape index (κ1) is 15.2. The molecule has 1 atom stereocenters. The Hall–Kier alpha value is -0.770. The number of carboxylic acid groups (broad SMARTS) is 1. The number of hydrogen-bond acceptors (Lipinski definition) is 3. The van der Waals surface area contributed by atoms with E-state index in [1.54, 1.807) is 0 Å². The molecule has 0 spiro atoms. The van der Waals surface area contributed by atoms with Crippen LogP contribution >= 0.6 is 0 Å². The first-order chi connectivity index (χ1) is 7.66. The fourth-order valence-electron chi connectivity index (χ4n) is 1.37. The predicted molar refractivity (Wildman–Crippen MR) is 62.7 cm³/mol. The van der Waals surface area contributed by atoms with Gasteiger partial charge in [0, 0.05) is 6.61 Å². The summed E-state index contributed by atoms with van der Waals surface area (Å²) >= 11 is 0. The van der Waals surface area contributed by atoms with Crippen molar-refractivity contribution in [2.24, 2.45) is 5.92 Å². The first-order valence-corrected chi connectivity index (χ1v) is 6.10. The van der Waals surface area contributed by atoms with Crippen molar-refractivity contribution in [2.75, 3.05) is 19.8 Å². The van der Waals surface area contributed by atoms with Gasteiger partial charge in [0.15, 0.2) is 0 Å². The highest BCUT2D eigenvalue weighted by Gasteiger charge is 1.98. The van der Waals surface area contributed by atoms with Crippen LogP contribution in [0.3, 0.4) is 0 Å². The van der Waals surface area contributed by atoms with E-state index >= 15 is 0 Å². The van der Waals surface area contributed by atoms with E-state index in [9.17, 15) is 4.79 Å². The van der Waals surface area contributed by atoms with Crippen molar-refractivity contribution in [3.63, 3.8) is 0 Å². The van der Waals surface area contributed by atoms with E-state index in [0.29, 0.717) is 13.2 Å². The minimum Gasteiger partial charge on any atom is -0.450 e. The topological polar surface area (TPSA) is 55.8 Å². The molecule has 0 fully saturated rings. The molecule has 0 aromatic heterocycles. The molecule has 0 aliphatic heterocycles. The molecule has 0 aromatic carbocycles. The normalized spacial score (nSPS) is 12.4. The quantitative estimate of drug-likeness (QED) is 0.464. The Kier molecular flexibility index (Phi) is 10.2. The van der Waals surface area contributed by atoms with E-state index in [4.69, 9.17) is 9.84 Å². The fourth-order valence-corrected chi connectivity index (χ4v) is 1.37. The van der Waals surface area contributed by atoms with E-state index < -0.39 is 6.16 Å². The van der Waals surface area contributed by atoms with Gasteiger partial charge in [-0.25, -0.2) is 4.79 Å². The summed E-state index contributed by atoms with van der Waals surface area (Å²) in [5.41, 5.74) is 0. The second-order valence-electron chi connectivity index (χ2n) is 4.09. The number of ether oxygens (including phenoxy) is 2. The third-order valence-corrected chi connectivity index (χ3v) is 2.64. The van der Waals surface area contributed by atoms with Gasteiger partial charge in [0.05, 0.1) is 6.61 Å². The summed E-state index contributed by atoms with van der Waals surface area (Å²) < 4.78 is 9.54. The van der Waals surface area contributed by atoms with Crippen molar-refractivity contribution >= 4 is 6.16 Å². The molecule has 0 heterocycles. The van der Waals surface area contributed by atoms with Gasteiger partial charge < -0.3 is 14.6 Å². The maximum absolute atomic E-state index is 9.99. The second kappa shape index (κ2) is 10.7. The van der Waals surface area contributed by atoms with Crippen molar-refractivity contribution < 1.29 is 19.4 Å². The molecule has 0 aliphatic rings. The van der Waals surface area contributed by atoms with Gasteiger partial charge in [-0.05, 0) is 12.3 Å². The first-order valence-electron chi connectivity index (χ1n) is 6.10. The summed E-state index contributed by atoms with van der Waals surface area (Å²) in [6.45, 7) is 5.68. The van der Waals surface area contributed by atoms with Gasteiger partial charge in [0.1, 0.15) is 6.61 Å². The van der Waals surface area contributed by atoms with Gasteiger partial charge in [-0.3, -0.25) is 0 Å². The fraction of sp³-hybridized carbons (Fsp3) is 0.917. The van der Waals surface area contributed by atoms with Gasteiger partial charge in [0.25, 0.3) is 0 Å². The van der Waals surface area contributed by atoms with Gasteiger partial charge in [0.2, 0.25) is 0 Å². The minimum absolute atomic E-state index is 0.127. The maximum atomic E-state index is 9.99. The van der Waals surface area contributed by atoms with Crippen LogP contribution in [0.15, 0.2) is 0 Å². The van der Waals surface area contributed by atoms with Crippen LogP contribution in [0.2, 0.25) is 0 Å². The Morgan fingerprint density at radius 3 is 2.56 bits per heavy atom. The molecule has 0 radical (unpaired) electrons. The molecule has 1 N–H and O–H groups in total. The molecule has 0 saturated carbocycles. The summed E-state index contributed by atoms with van der Waals surface area (Å²) in [6, 6.07) is 0. The van der Waals surface area contributed by atoms with Gasteiger partial charge in [-0.1, -0.05) is 39.5 Å². The summed E-state index contributed by atoms with van der Waals surface area (Å²) in [5.74, 6) is 0.824. The highest BCUT2D eigenvalue weighted by atomic mass is 16.7. The van der Waals surface area contributed by atoms with E-state index in [1.807, 2.05) is 0 Å². The van der Waals surface area contributed by atoms with E-state index in [-0.39, 0.29) is 6.61 Å². The SMILES string of the molecule is CCC(C)CCCCCOCCOC(=O)O. The van der Waals surface area contributed by atoms with E-state index in [0.717, 1.165) is 12.3 Å². The lowest BCUT2D eigenvalue weighted by molar-refractivity contribution is 0.0467. The zero-order valence-electron chi connectivity index (χ0n) is 10.4. The zero-order valence-corrected chi connectivity index (χ0v) is 10.4. The van der Waals surface area contributed by atoms with E-state index in [2.05, 4.69) is 18.6 Å². The molecule has 0 aromatic rings. The van der Waals surface area contributed by atoms with Crippen LogP contribution in [0.1, 0.15) is 46.0 Å². The van der Waals surface area contributed by atoms with Crippen molar-refractivity contribution in [3.8, 4) is 0 Å². The van der Waals surface area contributed by atoms with Crippen LogP contribution in [-0.2, 0) is 9.47 Å². The van der Waals surface area contributed by atoms with Crippen molar-refractivity contribution in [1.82, 2.24) is 0 Å². The lowest BCUT2D eigenvalue weighted by Crippen LogP contribution is -2.08. The Morgan fingerprint density at radius 2 is 1.94 bits per heavy atom. The monoisotopic (exact) mass is 232 g/mol. The number of hydrogen-bond donors (Lipinski definition) is 1. The lowest BCUT2D eigenvalue weighted by atomic mass is 10.0. The minimum atomic E-state index is -1.24. The molecule has 1 unspecified atom stereocenters. The number of unbranched alkanes of at least 4 members (excludes halogenated alkanes) is 2. The molecule has 96 valence electrons. The average molecular weight is 232 g/mol. The van der Waals surface area contributed by atoms with Crippen LogP contribution in [0, 0.1) is 5.92 Å². The molecule has 0 aliphatic carbocycles. The maximum Gasteiger partial charge on any atom is 0.505 e. The summed E-state index contributed by atoms with van der Waals surface area (Å²) in [7, 11) is 0. The predicted octanol–water partition coefficient (Wildman–Crippen LogP) is 3.30. The number of rotatable bonds is 10. The molecular formula is C12H24O4. The van der Waals surface area contributed by atoms with Crippen LogP contribution in [-0.4, -0.2) is 31.1 Å². The lowest BCUT2D eigenvalue weighted by Gasteiger charge is -2.07. The Balaban J connectivity index is 3.01. The highest BCUT2D eigenvalue weighted by Crippen LogP contribution is 2.11. The standard InChI is InChI=1S/C12H24O4/c1-3-11(2)7-5-4-6-8-15-9-10-16-12(13)14/h11H,3-10H2,1-2H3,(H,13,14). The summed E-state index contributed by atoms with van der Waals surface area (Å²) in [5, 5.41) is 8.18. The largest absolute Gasteiger partial charge is 0.505 e. The summed E-state index contributed by atoms with van der Waals surface area (Å²) in [6.07, 6.45) is 4.79. The highest BCUT2D eigenvalue weighted by molar-refractivity contribution is 5.56.